The van der Waals surface area contributed by atoms with Crippen LogP contribution >= 0.6 is 0 Å². The third-order valence-corrected chi connectivity index (χ3v) is 8.46. The van der Waals surface area contributed by atoms with Gasteiger partial charge in [0.15, 0.2) is 0 Å². The first-order chi connectivity index (χ1) is 18.3. The second-order valence-corrected chi connectivity index (χ2v) is 18.0. The Morgan fingerprint density at radius 3 is 2.31 bits per heavy atom. The van der Waals surface area contributed by atoms with E-state index < -0.39 is 13.7 Å². The van der Waals surface area contributed by atoms with Gasteiger partial charge < -0.3 is 19.7 Å². The lowest BCUT2D eigenvalue weighted by Gasteiger charge is -2.36. The Morgan fingerprint density at radius 2 is 1.72 bits per heavy atom. The number of ether oxygens (including phenoxy) is 2. The fourth-order valence-electron chi connectivity index (χ4n) is 4.46. The molecule has 0 saturated carbocycles. The number of aryl methyl sites for hydroxylation is 1. The molecule has 2 heterocycles. The van der Waals surface area contributed by atoms with Crippen molar-refractivity contribution in [2.45, 2.75) is 78.0 Å². The quantitative estimate of drug-likeness (QED) is 0.382. The summed E-state index contributed by atoms with van der Waals surface area (Å²) < 4.78 is 13.0. The molecule has 39 heavy (non-hydrogen) atoms. The molecule has 1 aromatic carbocycles. The third kappa shape index (κ3) is 10.00. The van der Waals surface area contributed by atoms with Gasteiger partial charge in [0, 0.05) is 53.5 Å². The first-order valence-electron chi connectivity index (χ1n) is 14.1. The highest BCUT2D eigenvalue weighted by Crippen LogP contribution is 2.24. The minimum atomic E-state index is -1.29. The number of carbonyl (C=O) groups is 2. The number of alkyl carbamates (subject to hydrolysis) is 1. The number of amides is 2. The smallest absolute Gasteiger partial charge is 0.410 e. The standard InChI is InChI=1S/C29H47N5O4Si/c1-8-34-26(13-15-30-34)24-11-9-23(10-12-24)25(31-27(35)37-21-22-39(5,6)7)14-16-32-17-19-33(20-18-32)28(36)38-29(2,3)4/h9-13,15,25H,8,14,16-22H2,1-7H3,(H,31,35)/t25-/m0/s1. The first kappa shape index (κ1) is 30.7. The van der Waals surface area contributed by atoms with Gasteiger partial charge in [0.25, 0.3) is 0 Å². The Bertz CT molecular complexity index is 1070. The molecule has 0 unspecified atom stereocenters. The largest absolute Gasteiger partial charge is 0.450 e. The van der Waals surface area contributed by atoms with Crippen LogP contribution in [0.5, 0.6) is 0 Å². The second kappa shape index (κ2) is 13.5. The van der Waals surface area contributed by atoms with Crippen LogP contribution in [-0.2, 0) is 16.0 Å². The summed E-state index contributed by atoms with van der Waals surface area (Å²) in [6.45, 7) is 19.4. The number of aromatic nitrogens is 2. The molecular formula is C29H47N5O4Si. The maximum atomic E-state index is 12.7. The molecule has 1 fully saturated rings. The van der Waals surface area contributed by atoms with Gasteiger partial charge in [-0.15, -0.1) is 0 Å². The zero-order valence-electron chi connectivity index (χ0n) is 24.8. The van der Waals surface area contributed by atoms with E-state index in [0.29, 0.717) is 19.7 Å². The third-order valence-electron chi connectivity index (χ3n) is 6.76. The number of piperazine rings is 1. The van der Waals surface area contributed by atoms with Gasteiger partial charge in [-0.2, -0.15) is 5.10 Å². The lowest BCUT2D eigenvalue weighted by molar-refractivity contribution is 0.0142. The number of rotatable bonds is 10. The van der Waals surface area contributed by atoms with Gasteiger partial charge in [0.1, 0.15) is 5.60 Å². The van der Waals surface area contributed by atoms with Gasteiger partial charge in [0.2, 0.25) is 0 Å². The van der Waals surface area contributed by atoms with E-state index in [4.69, 9.17) is 9.47 Å². The molecule has 0 aliphatic carbocycles. The molecule has 9 nitrogen and oxygen atoms in total. The molecule has 0 spiro atoms. The average molecular weight is 558 g/mol. The fourth-order valence-corrected chi connectivity index (χ4v) is 5.18. The van der Waals surface area contributed by atoms with Crippen LogP contribution in [0.1, 0.15) is 45.7 Å². The summed E-state index contributed by atoms with van der Waals surface area (Å²) in [4.78, 5) is 29.3. The van der Waals surface area contributed by atoms with Crippen molar-refractivity contribution < 1.29 is 19.1 Å². The van der Waals surface area contributed by atoms with E-state index in [9.17, 15) is 9.59 Å². The van der Waals surface area contributed by atoms with Crippen molar-refractivity contribution in [3.63, 3.8) is 0 Å². The number of nitrogens with one attached hydrogen (secondary N) is 1. The number of carbonyl (C=O) groups excluding carboxylic acids is 2. The summed E-state index contributed by atoms with van der Waals surface area (Å²) in [5, 5.41) is 7.49. The van der Waals surface area contributed by atoms with Crippen LogP contribution in [0, 0.1) is 0 Å². The van der Waals surface area contributed by atoms with Crippen LogP contribution in [0.4, 0.5) is 9.59 Å². The molecule has 1 saturated heterocycles. The highest BCUT2D eigenvalue weighted by molar-refractivity contribution is 6.76. The van der Waals surface area contributed by atoms with Crippen molar-refractivity contribution >= 4 is 20.3 Å². The summed E-state index contributed by atoms with van der Waals surface area (Å²) in [5.41, 5.74) is 2.70. The summed E-state index contributed by atoms with van der Waals surface area (Å²) in [6.07, 6.45) is 1.92. The molecule has 216 valence electrons. The van der Waals surface area contributed by atoms with Crippen LogP contribution < -0.4 is 5.32 Å². The highest BCUT2D eigenvalue weighted by atomic mass is 28.3. The van der Waals surface area contributed by atoms with Crippen molar-refractivity contribution in [3.05, 3.63) is 42.1 Å². The molecule has 2 amide bonds. The maximum Gasteiger partial charge on any atom is 0.410 e. The van der Waals surface area contributed by atoms with E-state index in [1.807, 2.05) is 37.7 Å². The lowest BCUT2D eigenvalue weighted by Crippen LogP contribution is -2.50. The van der Waals surface area contributed by atoms with Crippen molar-refractivity contribution in [3.8, 4) is 11.3 Å². The Balaban J connectivity index is 1.63. The predicted octanol–water partition coefficient (Wildman–Crippen LogP) is 5.62. The lowest BCUT2D eigenvalue weighted by atomic mass is 10.0. The Labute approximate surface area is 234 Å². The van der Waals surface area contributed by atoms with Crippen molar-refractivity contribution in [1.29, 1.82) is 0 Å². The summed E-state index contributed by atoms with van der Waals surface area (Å²) in [6, 6.07) is 11.1. The molecule has 1 aliphatic heterocycles. The van der Waals surface area contributed by atoms with Crippen LogP contribution in [0.2, 0.25) is 25.7 Å². The number of hydrogen-bond acceptors (Lipinski definition) is 6. The van der Waals surface area contributed by atoms with Crippen LogP contribution in [-0.4, -0.2) is 84.8 Å². The van der Waals surface area contributed by atoms with Crippen molar-refractivity contribution in [2.24, 2.45) is 0 Å². The predicted molar refractivity (Wildman–Crippen MR) is 158 cm³/mol. The average Bonchev–Trinajstić information content (AvgIpc) is 3.34. The van der Waals surface area contributed by atoms with Gasteiger partial charge in [-0.25, -0.2) is 9.59 Å². The Hall–Kier alpha value is -2.85. The molecule has 1 N–H and O–H groups in total. The van der Waals surface area contributed by atoms with Crippen LogP contribution in [0.15, 0.2) is 36.5 Å². The number of benzene rings is 1. The van der Waals surface area contributed by atoms with E-state index in [1.54, 1.807) is 4.90 Å². The van der Waals surface area contributed by atoms with Gasteiger partial charge >= 0.3 is 12.2 Å². The summed E-state index contributed by atoms with van der Waals surface area (Å²) >= 11 is 0. The fraction of sp³-hybridized carbons (Fsp3) is 0.621. The molecule has 10 heteroatoms. The minimum absolute atomic E-state index is 0.182. The van der Waals surface area contributed by atoms with E-state index in [-0.39, 0.29) is 18.2 Å². The summed E-state index contributed by atoms with van der Waals surface area (Å²) in [5.74, 6) is 0. The molecule has 2 aromatic rings. The van der Waals surface area contributed by atoms with Crippen molar-refractivity contribution in [2.75, 3.05) is 39.3 Å². The maximum absolute atomic E-state index is 12.7. The van der Waals surface area contributed by atoms with Gasteiger partial charge in [-0.3, -0.25) is 9.58 Å². The van der Waals surface area contributed by atoms with Gasteiger partial charge in [-0.05, 0) is 57.4 Å². The molecule has 0 bridgehead atoms. The molecule has 1 atom stereocenters. The normalized spacial score (nSPS) is 15.6. The molecule has 3 rings (SSSR count). The Kier molecular flexibility index (Phi) is 10.6. The minimum Gasteiger partial charge on any atom is -0.450 e. The summed E-state index contributed by atoms with van der Waals surface area (Å²) in [7, 11) is -1.29. The molecule has 1 aromatic heterocycles. The molecule has 0 radical (unpaired) electrons. The van der Waals surface area contributed by atoms with Gasteiger partial charge in [0.05, 0.1) is 18.3 Å². The zero-order chi connectivity index (χ0) is 28.6. The SMILES string of the molecule is CCn1nccc1-c1ccc([C@H](CCN2CCN(C(=O)OC(C)(C)C)CC2)NC(=O)OCC[Si](C)(C)C)cc1. The van der Waals surface area contributed by atoms with Crippen LogP contribution in [0.25, 0.3) is 11.3 Å². The number of nitrogens with zero attached hydrogens (tertiary/aromatic N) is 4. The molecular weight excluding hydrogens is 510 g/mol. The Morgan fingerprint density at radius 1 is 1.05 bits per heavy atom. The molecule has 1 aliphatic rings. The van der Waals surface area contributed by atoms with E-state index in [0.717, 1.165) is 55.5 Å². The topological polar surface area (TPSA) is 88.9 Å². The van der Waals surface area contributed by atoms with Crippen LogP contribution in [0.3, 0.4) is 0 Å². The van der Waals surface area contributed by atoms with Crippen molar-refractivity contribution in [1.82, 2.24) is 24.9 Å². The highest BCUT2D eigenvalue weighted by Gasteiger charge is 2.26. The number of hydrogen-bond donors (Lipinski definition) is 1. The van der Waals surface area contributed by atoms with E-state index in [2.05, 4.69) is 66.1 Å². The monoisotopic (exact) mass is 557 g/mol. The second-order valence-electron chi connectivity index (χ2n) is 12.4. The van der Waals surface area contributed by atoms with Gasteiger partial charge in [-0.1, -0.05) is 43.9 Å². The first-order valence-corrected chi connectivity index (χ1v) is 17.8. The zero-order valence-corrected chi connectivity index (χ0v) is 25.8. The van der Waals surface area contributed by atoms with E-state index in [1.165, 1.54) is 0 Å². The van der Waals surface area contributed by atoms with E-state index >= 15 is 0 Å².